The van der Waals surface area contributed by atoms with Gasteiger partial charge in [-0.2, -0.15) is 0 Å². The van der Waals surface area contributed by atoms with Crippen LogP contribution in [0.25, 0.3) is 0 Å². The van der Waals surface area contributed by atoms with E-state index in [0.717, 1.165) is 44.5 Å². The highest BCUT2D eigenvalue weighted by molar-refractivity contribution is 5.27. The van der Waals surface area contributed by atoms with Crippen LogP contribution in [0.2, 0.25) is 0 Å². The molecule has 0 aromatic heterocycles. The fourth-order valence-electron chi connectivity index (χ4n) is 3.56. The summed E-state index contributed by atoms with van der Waals surface area (Å²) in [6.45, 7) is 18.0. The molecule has 1 heterocycles. The molecule has 1 aromatic rings. The number of ether oxygens (including phenoxy) is 1. The van der Waals surface area contributed by atoms with Crippen molar-refractivity contribution >= 4 is 0 Å². The van der Waals surface area contributed by atoms with Crippen molar-refractivity contribution in [2.45, 2.75) is 40.0 Å². The van der Waals surface area contributed by atoms with Crippen LogP contribution in [0.5, 0.6) is 0 Å². The molecule has 1 aliphatic rings. The molecule has 2 rings (SSSR count). The van der Waals surface area contributed by atoms with Crippen molar-refractivity contribution < 1.29 is 4.74 Å². The molecule has 1 atom stereocenters. The van der Waals surface area contributed by atoms with Gasteiger partial charge in [0.15, 0.2) is 0 Å². The van der Waals surface area contributed by atoms with Crippen molar-refractivity contribution in [1.82, 2.24) is 4.90 Å². The van der Waals surface area contributed by atoms with Crippen LogP contribution in [-0.2, 0) is 11.2 Å². The molecular weight excluding hydrogens is 342 g/mol. The summed E-state index contributed by atoms with van der Waals surface area (Å²) in [7, 11) is 0. The van der Waals surface area contributed by atoms with E-state index in [-0.39, 0.29) is 0 Å². The molecule has 1 saturated heterocycles. The Morgan fingerprint density at radius 3 is 2.82 bits per heavy atom. The van der Waals surface area contributed by atoms with Crippen LogP contribution in [0.4, 0.5) is 0 Å². The second-order valence-electron chi connectivity index (χ2n) is 7.58. The average Bonchev–Trinajstić information content (AvgIpc) is 3.00. The van der Waals surface area contributed by atoms with E-state index in [1.54, 1.807) is 0 Å². The molecule has 0 aliphatic carbocycles. The molecule has 2 nitrogen and oxygen atoms in total. The third kappa shape index (κ3) is 7.03. The van der Waals surface area contributed by atoms with Gasteiger partial charge in [-0.15, -0.1) is 5.73 Å². The van der Waals surface area contributed by atoms with E-state index >= 15 is 0 Å². The summed E-state index contributed by atoms with van der Waals surface area (Å²) in [6, 6.07) is 8.66. The Bertz CT molecular complexity index is 764. The molecule has 1 unspecified atom stereocenters. The molecule has 0 radical (unpaired) electrons. The highest BCUT2D eigenvalue weighted by Crippen LogP contribution is 2.32. The molecule has 0 amide bonds. The first kappa shape index (κ1) is 22.0. The summed E-state index contributed by atoms with van der Waals surface area (Å²) in [4.78, 5) is 2.46. The van der Waals surface area contributed by atoms with Gasteiger partial charge in [-0.3, -0.25) is 0 Å². The molecule has 150 valence electrons. The zero-order valence-electron chi connectivity index (χ0n) is 17.8. The number of likely N-dealkylation sites (tertiary alicyclic amines) is 1. The first-order valence-corrected chi connectivity index (χ1v) is 10.3. The van der Waals surface area contributed by atoms with Crippen LogP contribution in [0.15, 0.2) is 78.2 Å². The monoisotopic (exact) mass is 377 g/mol. The zero-order chi connectivity index (χ0) is 20.4. The van der Waals surface area contributed by atoms with Gasteiger partial charge >= 0.3 is 0 Å². The number of hydrogen-bond donors (Lipinski definition) is 0. The number of benzene rings is 1. The molecule has 28 heavy (non-hydrogen) atoms. The fraction of sp³-hybridized carbons (Fsp3) is 0.423. The average molecular weight is 378 g/mol. The van der Waals surface area contributed by atoms with Crippen LogP contribution < -0.4 is 0 Å². The van der Waals surface area contributed by atoms with Gasteiger partial charge in [0.2, 0.25) is 0 Å². The maximum Gasteiger partial charge on any atom is 0.0653 e. The van der Waals surface area contributed by atoms with Gasteiger partial charge in [0.25, 0.3) is 0 Å². The number of rotatable bonds is 10. The first-order chi connectivity index (χ1) is 13.5. The van der Waals surface area contributed by atoms with Gasteiger partial charge in [0.1, 0.15) is 0 Å². The van der Waals surface area contributed by atoms with Gasteiger partial charge < -0.3 is 9.64 Å². The van der Waals surface area contributed by atoms with Gasteiger partial charge in [-0.1, -0.05) is 49.1 Å². The van der Waals surface area contributed by atoms with E-state index in [1.165, 1.54) is 22.4 Å². The Morgan fingerprint density at radius 2 is 2.11 bits per heavy atom. The van der Waals surface area contributed by atoms with Gasteiger partial charge in [0.05, 0.1) is 6.61 Å². The molecule has 1 aromatic carbocycles. The molecule has 0 bridgehead atoms. The molecule has 2 heteroatoms. The Hall–Kier alpha value is -2.28. The predicted octanol–water partition coefficient (Wildman–Crippen LogP) is 6.01. The highest BCUT2D eigenvalue weighted by atomic mass is 16.5. The molecule has 1 aliphatic heterocycles. The number of hydrogen-bond acceptors (Lipinski definition) is 2. The molecule has 0 saturated carbocycles. The van der Waals surface area contributed by atoms with E-state index in [9.17, 15) is 0 Å². The standard InChI is InChI=1S/C26H35NO/c1-6-28-19-16-24(12-9-10-21(2)3)20-26-15-18-27(23(26)5)17-14-25-13-8-7-11-22(25)4/h7-8,10-13,16,26H,2,5-6,14-15,17-20H2,1,3-4H3/b24-16+. The molecular formula is C26H35NO. The van der Waals surface area contributed by atoms with Gasteiger partial charge in [0, 0.05) is 31.3 Å². The van der Waals surface area contributed by atoms with Crippen LogP contribution in [-0.4, -0.2) is 31.2 Å². The normalized spacial score (nSPS) is 16.8. The van der Waals surface area contributed by atoms with E-state index in [4.69, 9.17) is 4.74 Å². The Labute approximate surface area is 171 Å². The SMILES string of the molecule is C=C(C)C=C=C/C(=C\COCC)CC1CCN(CCc2ccccc2C)C1=C. The Balaban J connectivity index is 1.97. The maximum absolute atomic E-state index is 5.52. The van der Waals surface area contributed by atoms with Gasteiger partial charge in [-0.05, 0) is 68.9 Å². The van der Waals surface area contributed by atoms with E-state index in [1.807, 2.05) is 19.9 Å². The maximum atomic E-state index is 5.52. The molecule has 0 N–H and O–H groups in total. The topological polar surface area (TPSA) is 12.5 Å². The third-order valence-electron chi connectivity index (χ3n) is 5.29. The minimum absolute atomic E-state index is 0.493. The van der Waals surface area contributed by atoms with E-state index in [0.29, 0.717) is 12.5 Å². The minimum Gasteiger partial charge on any atom is -0.378 e. The second kappa shape index (κ2) is 11.5. The van der Waals surface area contributed by atoms with Crippen molar-refractivity contribution in [3.05, 3.63) is 89.4 Å². The fourth-order valence-corrected chi connectivity index (χ4v) is 3.56. The minimum atomic E-state index is 0.493. The Kier molecular flexibility index (Phi) is 9.07. The first-order valence-electron chi connectivity index (χ1n) is 10.3. The van der Waals surface area contributed by atoms with Crippen molar-refractivity contribution in [3.8, 4) is 0 Å². The summed E-state index contributed by atoms with van der Waals surface area (Å²) in [5.74, 6) is 0.493. The number of aryl methyl sites for hydroxylation is 1. The van der Waals surface area contributed by atoms with E-state index in [2.05, 4.69) is 67.1 Å². The van der Waals surface area contributed by atoms with Crippen molar-refractivity contribution in [2.24, 2.45) is 5.92 Å². The number of allylic oxidation sites excluding steroid dienone is 4. The highest BCUT2D eigenvalue weighted by Gasteiger charge is 2.26. The Morgan fingerprint density at radius 1 is 1.32 bits per heavy atom. The van der Waals surface area contributed by atoms with Crippen LogP contribution in [0.1, 0.15) is 37.8 Å². The molecule has 0 spiro atoms. The quantitative estimate of drug-likeness (QED) is 0.281. The summed E-state index contributed by atoms with van der Waals surface area (Å²) >= 11 is 0. The third-order valence-corrected chi connectivity index (χ3v) is 5.29. The number of nitrogens with zero attached hydrogens (tertiary/aromatic N) is 1. The van der Waals surface area contributed by atoms with Crippen LogP contribution in [0, 0.1) is 12.8 Å². The summed E-state index contributed by atoms with van der Waals surface area (Å²) in [6.07, 6.45) is 9.39. The zero-order valence-corrected chi connectivity index (χ0v) is 17.8. The van der Waals surface area contributed by atoms with Crippen molar-refractivity contribution in [1.29, 1.82) is 0 Å². The van der Waals surface area contributed by atoms with Gasteiger partial charge in [-0.25, -0.2) is 0 Å². The lowest BCUT2D eigenvalue weighted by Crippen LogP contribution is -2.21. The van der Waals surface area contributed by atoms with Crippen LogP contribution in [0.3, 0.4) is 0 Å². The summed E-state index contributed by atoms with van der Waals surface area (Å²) in [5, 5.41) is 0. The lowest BCUT2D eigenvalue weighted by atomic mass is 9.96. The lowest BCUT2D eigenvalue weighted by molar-refractivity contribution is 0.177. The van der Waals surface area contributed by atoms with Crippen LogP contribution >= 0.6 is 0 Å². The second-order valence-corrected chi connectivity index (χ2v) is 7.58. The van der Waals surface area contributed by atoms with E-state index < -0.39 is 0 Å². The predicted molar refractivity (Wildman–Crippen MR) is 120 cm³/mol. The van der Waals surface area contributed by atoms with Crippen molar-refractivity contribution in [2.75, 3.05) is 26.3 Å². The van der Waals surface area contributed by atoms with Crippen molar-refractivity contribution in [3.63, 3.8) is 0 Å². The summed E-state index contributed by atoms with van der Waals surface area (Å²) < 4.78 is 5.52. The summed E-state index contributed by atoms with van der Waals surface area (Å²) in [5.41, 5.74) is 9.60. The smallest absolute Gasteiger partial charge is 0.0653 e. The largest absolute Gasteiger partial charge is 0.378 e. The molecule has 1 fully saturated rings. The lowest BCUT2D eigenvalue weighted by Gasteiger charge is -2.22.